The van der Waals surface area contributed by atoms with Crippen LogP contribution in [0.3, 0.4) is 0 Å². The van der Waals surface area contributed by atoms with Crippen LogP contribution in [0.15, 0.2) is 0 Å². The smallest absolute Gasteiger partial charge is 0.0593 e. The molecule has 3 nitrogen and oxygen atoms in total. The summed E-state index contributed by atoms with van der Waals surface area (Å²) in [5.41, 5.74) is 0. The molecule has 0 aliphatic carbocycles. The van der Waals surface area contributed by atoms with Crippen LogP contribution in [0.4, 0.5) is 0 Å². The minimum Gasteiger partial charge on any atom is -0.380 e. The molecule has 0 saturated carbocycles. The van der Waals surface area contributed by atoms with Crippen molar-refractivity contribution in [3.8, 4) is 0 Å². The number of rotatable bonds is 10. The van der Waals surface area contributed by atoms with Crippen molar-refractivity contribution in [2.45, 2.75) is 26.7 Å². The van der Waals surface area contributed by atoms with Crippen LogP contribution in [0.2, 0.25) is 0 Å². The van der Waals surface area contributed by atoms with E-state index in [-0.39, 0.29) is 0 Å². The van der Waals surface area contributed by atoms with Crippen LogP contribution in [0, 0.1) is 0 Å². The van der Waals surface area contributed by atoms with Crippen LogP contribution in [0.1, 0.15) is 26.7 Å². The van der Waals surface area contributed by atoms with E-state index in [1.165, 1.54) is 19.4 Å². The second kappa shape index (κ2) is 10.4. The first-order valence-corrected chi connectivity index (χ1v) is 6.15. The molecule has 0 radical (unpaired) electrons. The van der Waals surface area contributed by atoms with Gasteiger partial charge in [-0.1, -0.05) is 13.8 Å². The van der Waals surface area contributed by atoms with Gasteiger partial charge in [-0.15, -0.1) is 0 Å². The summed E-state index contributed by atoms with van der Waals surface area (Å²) in [4.78, 5) is 4.61. The third-order valence-electron chi connectivity index (χ3n) is 2.78. The summed E-state index contributed by atoms with van der Waals surface area (Å²) in [6, 6.07) is 0. The zero-order valence-electron chi connectivity index (χ0n) is 11.0. The Morgan fingerprint density at radius 3 is 2.00 bits per heavy atom. The Hall–Kier alpha value is -0.120. The van der Waals surface area contributed by atoms with Crippen molar-refractivity contribution >= 4 is 0 Å². The molecule has 15 heavy (non-hydrogen) atoms. The maximum Gasteiger partial charge on any atom is 0.0593 e. The number of nitrogens with zero attached hydrogens (tertiary/aromatic N) is 2. The number of ether oxygens (including phenoxy) is 1. The Balaban J connectivity index is 3.05. The molecule has 0 bridgehead atoms. The van der Waals surface area contributed by atoms with Crippen LogP contribution in [0.25, 0.3) is 0 Å². The summed E-state index contributed by atoms with van der Waals surface area (Å²) in [6.07, 6.45) is 2.42. The quantitative estimate of drug-likeness (QED) is 0.517. The van der Waals surface area contributed by atoms with Crippen LogP contribution < -0.4 is 0 Å². The second-order valence-corrected chi connectivity index (χ2v) is 4.11. The van der Waals surface area contributed by atoms with Gasteiger partial charge in [0.15, 0.2) is 0 Å². The van der Waals surface area contributed by atoms with Gasteiger partial charge in [-0.25, -0.2) is 0 Å². The molecule has 0 aromatic rings. The summed E-state index contributed by atoms with van der Waals surface area (Å²) < 4.78 is 5.56. The highest BCUT2D eigenvalue weighted by Crippen LogP contribution is 1.93. The van der Waals surface area contributed by atoms with E-state index < -0.39 is 0 Å². The molecule has 0 aromatic heterocycles. The van der Waals surface area contributed by atoms with Gasteiger partial charge in [0.05, 0.1) is 6.61 Å². The lowest BCUT2D eigenvalue weighted by atomic mass is 10.3. The topological polar surface area (TPSA) is 15.7 Å². The maximum atomic E-state index is 5.56. The zero-order valence-corrected chi connectivity index (χ0v) is 11.0. The molecule has 0 fully saturated rings. The van der Waals surface area contributed by atoms with E-state index in [4.69, 9.17) is 4.74 Å². The highest BCUT2D eigenvalue weighted by molar-refractivity contribution is 4.49. The Morgan fingerprint density at radius 1 is 0.800 bits per heavy atom. The van der Waals surface area contributed by atoms with Gasteiger partial charge in [0.25, 0.3) is 0 Å². The summed E-state index contributed by atoms with van der Waals surface area (Å²) in [5.74, 6) is 0. The van der Waals surface area contributed by atoms with Crippen molar-refractivity contribution in [1.29, 1.82) is 0 Å². The standard InChI is InChI=1S/C12H28N2O/c1-5-13(3)9-7-8-11-15-12-10-14(4)6-2/h5-12H2,1-4H3. The molecule has 3 heteroatoms. The third-order valence-corrected chi connectivity index (χ3v) is 2.78. The first-order chi connectivity index (χ1) is 7.20. The van der Waals surface area contributed by atoms with E-state index >= 15 is 0 Å². The molecule has 0 aliphatic rings. The molecule has 0 amide bonds. The van der Waals surface area contributed by atoms with Gasteiger partial charge in [0.1, 0.15) is 0 Å². The monoisotopic (exact) mass is 216 g/mol. The van der Waals surface area contributed by atoms with E-state index in [1.807, 2.05) is 0 Å². The van der Waals surface area contributed by atoms with Crippen LogP contribution in [-0.4, -0.2) is 63.3 Å². The van der Waals surface area contributed by atoms with Crippen molar-refractivity contribution in [3.05, 3.63) is 0 Å². The Morgan fingerprint density at radius 2 is 1.40 bits per heavy atom. The predicted octanol–water partition coefficient (Wildman–Crippen LogP) is 1.69. The van der Waals surface area contributed by atoms with Gasteiger partial charge in [0, 0.05) is 13.2 Å². The van der Waals surface area contributed by atoms with Gasteiger partial charge in [-0.05, 0) is 46.6 Å². The summed E-state index contributed by atoms with van der Waals surface area (Å²) >= 11 is 0. The van der Waals surface area contributed by atoms with Crippen LogP contribution >= 0.6 is 0 Å². The van der Waals surface area contributed by atoms with Gasteiger partial charge < -0.3 is 14.5 Å². The van der Waals surface area contributed by atoms with Crippen molar-refractivity contribution in [2.75, 3.05) is 53.5 Å². The highest BCUT2D eigenvalue weighted by Gasteiger charge is 1.96. The summed E-state index contributed by atoms with van der Waals surface area (Å²) in [5, 5.41) is 0. The lowest BCUT2D eigenvalue weighted by molar-refractivity contribution is 0.108. The van der Waals surface area contributed by atoms with Crippen molar-refractivity contribution in [1.82, 2.24) is 9.80 Å². The molecule has 0 aliphatic heterocycles. The van der Waals surface area contributed by atoms with Crippen molar-refractivity contribution in [3.63, 3.8) is 0 Å². The largest absolute Gasteiger partial charge is 0.380 e. The molecule has 92 valence electrons. The second-order valence-electron chi connectivity index (χ2n) is 4.11. The van der Waals surface area contributed by atoms with E-state index in [0.717, 1.165) is 32.8 Å². The van der Waals surface area contributed by atoms with E-state index in [1.54, 1.807) is 0 Å². The molecule has 0 saturated heterocycles. The molecule has 0 N–H and O–H groups in total. The fraction of sp³-hybridized carbons (Fsp3) is 1.00. The summed E-state index contributed by atoms with van der Waals surface area (Å²) in [7, 11) is 4.29. The molecule has 0 rings (SSSR count). The van der Waals surface area contributed by atoms with E-state index in [9.17, 15) is 0 Å². The highest BCUT2D eigenvalue weighted by atomic mass is 16.5. The molecular formula is C12H28N2O. The zero-order chi connectivity index (χ0) is 11.5. The minimum absolute atomic E-state index is 0.869. The average Bonchev–Trinajstić information content (AvgIpc) is 2.26. The fourth-order valence-electron chi connectivity index (χ4n) is 1.22. The van der Waals surface area contributed by atoms with Crippen LogP contribution in [-0.2, 0) is 4.74 Å². The van der Waals surface area contributed by atoms with Crippen molar-refractivity contribution < 1.29 is 4.74 Å². The molecule has 0 atom stereocenters. The molecule has 0 spiro atoms. The third kappa shape index (κ3) is 10.2. The SMILES string of the molecule is CCN(C)CCCCOCCN(C)CC. The molecule has 0 unspecified atom stereocenters. The van der Waals surface area contributed by atoms with Crippen LogP contribution in [0.5, 0.6) is 0 Å². The lowest BCUT2D eigenvalue weighted by Gasteiger charge is -2.14. The predicted molar refractivity (Wildman–Crippen MR) is 66.4 cm³/mol. The number of unbranched alkanes of at least 4 members (excludes halogenated alkanes) is 1. The first-order valence-electron chi connectivity index (χ1n) is 6.15. The van der Waals surface area contributed by atoms with Gasteiger partial charge in [-0.2, -0.15) is 0 Å². The first kappa shape index (κ1) is 14.9. The molecule has 0 aromatic carbocycles. The van der Waals surface area contributed by atoms with E-state index in [0.29, 0.717) is 0 Å². The Kier molecular flexibility index (Phi) is 10.3. The molecular weight excluding hydrogens is 188 g/mol. The number of hydrogen-bond donors (Lipinski definition) is 0. The minimum atomic E-state index is 0.869. The van der Waals surface area contributed by atoms with E-state index in [2.05, 4.69) is 37.7 Å². The van der Waals surface area contributed by atoms with Gasteiger partial charge in [-0.3, -0.25) is 0 Å². The number of likely N-dealkylation sites (N-methyl/N-ethyl adjacent to an activating group) is 1. The molecule has 0 heterocycles. The number of hydrogen-bond acceptors (Lipinski definition) is 3. The Bertz CT molecular complexity index is 117. The van der Waals surface area contributed by atoms with Gasteiger partial charge >= 0.3 is 0 Å². The van der Waals surface area contributed by atoms with Gasteiger partial charge in [0.2, 0.25) is 0 Å². The Labute approximate surface area is 95.4 Å². The fourth-order valence-corrected chi connectivity index (χ4v) is 1.22. The average molecular weight is 216 g/mol. The normalized spacial score (nSPS) is 11.6. The van der Waals surface area contributed by atoms with Crippen molar-refractivity contribution in [2.24, 2.45) is 0 Å². The lowest BCUT2D eigenvalue weighted by Crippen LogP contribution is -2.23. The summed E-state index contributed by atoms with van der Waals surface area (Å²) in [6.45, 7) is 10.6. The maximum absolute atomic E-state index is 5.56.